The number of aliphatic hydroxyl groups excluding tert-OH is 3. The molecule has 12 nitrogen and oxygen atoms in total. The monoisotopic (exact) mass is 842 g/mol. The first-order valence-corrected chi connectivity index (χ1v) is 22.5. The minimum Gasteiger partial charge on any atom is -0.460 e. The van der Waals surface area contributed by atoms with Crippen molar-refractivity contribution in [3.63, 3.8) is 0 Å². The fourth-order valence-electron chi connectivity index (χ4n) is 9.47. The summed E-state index contributed by atoms with van der Waals surface area (Å²) in [5.41, 5.74) is 1.48. The molecule has 2 bridgehead atoms. The van der Waals surface area contributed by atoms with Gasteiger partial charge in [-0.25, -0.2) is 4.79 Å². The summed E-state index contributed by atoms with van der Waals surface area (Å²) >= 11 is 0. The van der Waals surface area contributed by atoms with Crippen molar-refractivity contribution in [2.75, 3.05) is 13.7 Å². The number of allylic oxidation sites excluding steroid dienone is 6. The molecular weight excluding hydrogens is 767 g/mol. The van der Waals surface area contributed by atoms with E-state index in [1.807, 2.05) is 65.0 Å². The number of fused-ring (bicyclic) bond motifs is 3. The molecule has 1 aliphatic carbocycles. The van der Waals surface area contributed by atoms with Crippen LogP contribution in [0.5, 0.6) is 0 Å². The molecule has 12 heteroatoms. The molecule has 1 amide bonds. The van der Waals surface area contributed by atoms with Crippen molar-refractivity contribution in [1.29, 1.82) is 0 Å². The lowest BCUT2D eigenvalue weighted by atomic mass is 9.78. The van der Waals surface area contributed by atoms with Gasteiger partial charge in [0.25, 0.3) is 0 Å². The molecule has 0 radical (unpaired) electrons. The zero-order chi connectivity index (χ0) is 44.3. The summed E-state index contributed by atoms with van der Waals surface area (Å²) in [7, 11) is 1.64. The van der Waals surface area contributed by atoms with Gasteiger partial charge in [0.15, 0.2) is 5.79 Å². The molecule has 2 saturated heterocycles. The Kier molecular flexibility index (Phi) is 19.0. The van der Waals surface area contributed by atoms with Gasteiger partial charge in [-0.3, -0.25) is 14.4 Å². The summed E-state index contributed by atoms with van der Waals surface area (Å²) in [6.45, 7) is 13.4. The van der Waals surface area contributed by atoms with Crippen LogP contribution < -0.4 is 0 Å². The highest BCUT2D eigenvalue weighted by molar-refractivity contribution is 5.87. The molecule has 4 aliphatic rings. The number of nitrogens with zero attached hydrogens (tertiary/aromatic N) is 1. The van der Waals surface area contributed by atoms with E-state index in [1.54, 1.807) is 27.0 Å². The SMILES string of the molecule is CO[C@H]1C[C@@H]2CC[C@@H](C)[C@](O)(CC(=O)N3CCCC3C(=O)O[C@H]([C@H](C)C[C@@H]3CC[C@@H](O)[C@H](O)C3)CC(=O)[C@H](C)/C=C(\C)[C@@H](O)CC(=O)[C@H](C)C[C@H](C)/C=C/C=C/C=C/1C)O2. The van der Waals surface area contributed by atoms with Crippen LogP contribution >= 0.6 is 0 Å². The minimum absolute atomic E-state index is 0.0537. The smallest absolute Gasteiger partial charge is 0.329 e. The van der Waals surface area contributed by atoms with Crippen molar-refractivity contribution < 1.29 is 53.8 Å². The molecule has 338 valence electrons. The van der Waals surface area contributed by atoms with Gasteiger partial charge in [0.05, 0.1) is 36.9 Å². The van der Waals surface area contributed by atoms with Crippen LogP contribution in [0.15, 0.2) is 47.6 Å². The number of carbonyl (C=O) groups is 4. The molecule has 3 fully saturated rings. The number of rotatable bonds is 4. The Morgan fingerprint density at radius 3 is 2.30 bits per heavy atom. The zero-order valence-corrected chi connectivity index (χ0v) is 37.5. The molecule has 0 aromatic carbocycles. The van der Waals surface area contributed by atoms with Crippen LogP contribution in [0, 0.1) is 35.5 Å². The van der Waals surface area contributed by atoms with E-state index in [2.05, 4.69) is 0 Å². The Hall–Kier alpha value is -3.00. The van der Waals surface area contributed by atoms with E-state index in [0.29, 0.717) is 76.3 Å². The number of ether oxygens (including phenoxy) is 3. The third kappa shape index (κ3) is 14.0. The van der Waals surface area contributed by atoms with Crippen LogP contribution in [-0.2, 0) is 33.4 Å². The molecule has 1 saturated carbocycles. The predicted molar refractivity (Wildman–Crippen MR) is 229 cm³/mol. The van der Waals surface area contributed by atoms with Crippen molar-refractivity contribution in [2.24, 2.45) is 35.5 Å². The number of carbonyl (C=O) groups excluding carboxylic acids is 4. The topological polar surface area (TPSA) is 180 Å². The number of methoxy groups -OCH3 is 1. The number of hydrogen-bond donors (Lipinski definition) is 4. The first-order valence-electron chi connectivity index (χ1n) is 22.5. The van der Waals surface area contributed by atoms with Crippen LogP contribution in [0.3, 0.4) is 0 Å². The lowest BCUT2D eigenvalue weighted by Crippen LogP contribution is -2.52. The maximum Gasteiger partial charge on any atom is 0.329 e. The Bertz CT molecular complexity index is 1590. The maximum absolute atomic E-state index is 14.1. The molecule has 3 heterocycles. The molecule has 1 unspecified atom stereocenters. The molecule has 14 atom stereocenters. The van der Waals surface area contributed by atoms with E-state index in [1.165, 1.54) is 4.90 Å². The number of hydrogen-bond acceptors (Lipinski definition) is 11. The van der Waals surface area contributed by atoms with E-state index < -0.39 is 54.0 Å². The van der Waals surface area contributed by atoms with E-state index in [0.717, 1.165) is 5.57 Å². The van der Waals surface area contributed by atoms with Gasteiger partial charge in [0.2, 0.25) is 5.91 Å². The van der Waals surface area contributed by atoms with Crippen molar-refractivity contribution in [2.45, 2.75) is 180 Å². The highest BCUT2D eigenvalue weighted by Crippen LogP contribution is 2.39. The van der Waals surface area contributed by atoms with Crippen molar-refractivity contribution in [3.05, 3.63) is 47.6 Å². The molecule has 0 aromatic rings. The average Bonchev–Trinajstić information content (AvgIpc) is 3.69. The van der Waals surface area contributed by atoms with Gasteiger partial charge in [-0.1, -0.05) is 71.1 Å². The summed E-state index contributed by atoms with van der Waals surface area (Å²) in [5.74, 6) is -4.41. The first-order chi connectivity index (χ1) is 28.3. The number of esters is 1. The maximum atomic E-state index is 14.1. The van der Waals surface area contributed by atoms with Gasteiger partial charge in [-0.05, 0) is 101 Å². The van der Waals surface area contributed by atoms with E-state index >= 15 is 0 Å². The zero-order valence-electron chi connectivity index (χ0n) is 37.5. The van der Waals surface area contributed by atoms with Gasteiger partial charge in [0.1, 0.15) is 23.7 Å². The normalized spacial score (nSPS) is 41.3. The van der Waals surface area contributed by atoms with Crippen molar-refractivity contribution in [1.82, 2.24) is 4.90 Å². The van der Waals surface area contributed by atoms with Gasteiger partial charge in [-0.2, -0.15) is 0 Å². The van der Waals surface area contributed by atoms with Crippen LogP contribution in [0.2, 0.25) is 0 Å². The van der Waals surface area contributed by atoms with Gasteiger partial charge in [0, 0.05) is 50.7 Å². The average molecular weight is 842 g/mol. The summed E-state index contributed by atoms with van der Waals surface area (Å²) in [4.78, 5) is 56.7. The Morgan fingerprint density at radius 1 is 0.867 bits per heavy atom. The number of ketones is 2. The van der Waals surface area contributed by atoms with Crippen molar-refractivity contribution in [3.8, 4) is 0 Å². The standard InChI is InChI=1S/C48H75NO11/c1-29-13-10-9-11-14-30(2)44(58-8)25-37-18-16-35(7)48(57,60-37)28-46(55)49-20-12-15-38(49)47(56)59-45(34(6)23-36-17-19-39(50)43(54)24-36)27-42(53)33(5)22-32(4)41(52)26-40(51)31(3)21-29/h9-11,13-14,22,29,31,33-39,41,43-45,50,52,54,57H,12,15-21,23-28H2,1-8H3/b11-9+,13-10+,30-14+,32-22+/t29-,31-,33-,34-,35-,36+,37+,38?,39-,41+,43-,44+,45+,48+/m1/s1. The van der Waals surface area contributed by atoms with Gasteiger partial charge in [-0.15, -0.1) is 0 Å². The molecule has 0 aromatic heterocycles. The fourth-order valence-corrected chi connectivity index (χ4v) is 9.47. The van der Waals surface area contributed by atoms with Crippen LogP contribution in [0.4, 0.5) is 0 Å². The van der Waals surface area contributed by atoms with Crippen LogP contribution in [0.1, 0.15) is 132 Å². The Labute approximate surface area is 358 Å². The van der Waals surface area contributed by atoms with Crippen LogP contribution in [-0.4, -0.2) is 111 Å². The fraction of sp³-hybridized carbons (Fsp3) is 0.750. The molecule has 0 spiro atoms. The molecular formula is C48H75NO11. The number of aliphatic hydroxyl groups is 4. The number of Topliss-reactive ketones (excluding diaryl/α,β-unsaturated/α-hetero) is 2. The molecule has 4 N–H and O–H groups in total. The second-order valence-corrected chi connectivity index (χ2v) is 18.8. The summed E-state index contributed by atoms with van der Waals surface area (Å²) in [6.07, 6.45) is 12.3. The van der Waals surface area contributed by atoms with E-state index in [4.69, 9.17) is 14.2 Å². The highest BCUT2D eigenvalue weighted by atomic mass is 16.6. The largest absolute Gasteiger partial charge is 0.460 e. The lowest BCUT2D eigenvalue weighted by molar-refractivity contribution is -0.283. The molecule has 3 aliphatic heterocycles. The second kappa shape index (κ2) is 22.9. The summed E-state index contributed by atoms with van der Waals surface area (Å²) in [5, 5.41) is 43.5. The number of cyclic esters (lactones) is 1. The summed E-state index contributed by atoms with van der Waals surface area (Å²) < 4.78 is 18.4. The number of amides is 1. The van der Waals surface area contributed by atoms with Gasteiger partial charge >= 0.3 is 5.97 Å². The Morgan fingerprint density at radius 2 is 1.60 bits per heavy atom. The molecule has 60 heavy (non-hydrogen) atoms. The van der Waals surface area contributed by atoms with Gasteiger partial charge < -0.3 is 39.5 Å². The second-order valence-electron chi connectivity index (χ2n) is 18.8. The lowest BCUT2D eigenvalue weighted by Gasteiger charge is -2.43. The van der Waals surface area contributed by atoms with Crippen LogP contribution in [0.25, 0.3) is 0 Å². The predicted octanol–water partition coefficient (Wildman–Crippen LogP) is 6.33. The quantitative estimate of drug-likeness (QED) is 0.184. The Balaban J connectivity index is 1.61. The third-order valence-corrected chi connectivity index (χ3v) is 13.7. The molecule has 4 rings (SSSR count). The van der Waals surface area contributed by atoms with E-state index in [-0.39, 0.29) is 72.6 Å². The van der Waals surface area contributed by atoms with E-state index in [9.17, 15) is 39.6 Å². The summed E-state index contributed by atoms with van der Waals surface area (Å²) in [6, 6.07) is -0.894. The minimum atomic E-state index is -1.74. The van der Waals surface area contributed by atoms with Crippen molar-refractivity contribution >= 4 is 23.4 Å². The first kappa shape index (κ1) is 49.7. The third-order valence-electron chi connectivity index (χ3n) is 13.7. The highest BCUT2D eigenvalue weighted by Gasteiger charge is 2.47.